The van der Waals surface area contributed by atoms with Crippen molar-refractivity contribution in [1.29, 1.82) is 0 Å². The first-order valence-corrected chi connectivity index (χ1v) is 11.6. The van der Waals surface area contributed by atoms with Gasteiger partial charge in [0.15, 0.2) is 0 Å². The van der Waals surface area contributed by atoms with Crippen LogP contribution < -0.4 is 19.3 Å². The summed E-state index contributed by atoms with van der Waals surface area (Å²) >= 11 is 0. The molecule has 0 aromatic heterocycles. The van der Waals surface area contributed by atoms with Gasteiger partial charge in [0.25, 0.3) is 11.7 Å². The minimum atomic E-state index is -0.793. The Hall–Kier alpha value is -4.26. The van der Waals surface area contributed by atoms with Gasteiger partial charge in [0.2, 0.25) is 0 Å². The lowest BCUT2D eigenvalue weighted by Gasteiger charge is -2.28. The molecule has 178 valence electrons. The van der Waals surface area contributed by atoms with Crippen LogP contribution in [0.2, 0.25) is 0 Å². The first-order valence-electron chi connectivity index (χ1n) is 11.6. The lowest BCUT2D eigenvalue weighted by atomic mass is 9.94. The van der Waals surface area contributed by atoms with E-state index in [1.54, 1.807) is 42.5 Å². The topological polar surface area (TPSA) is 79.3 Å². The molecule has 1 amide bonds. The number of Topliss-reactive ketones (excluding diaryl/α,β-unsaturated/α-hetero) is 1. The normalized spacial score (nSPS) is 18.9. The fourth-order valence-corrected chi connectivity index (χ4v) is 4.57. The minimum Gasteiger partial charge on any atom is -0.507 e. The number of aliphatic hydroxyl groups is 1. The molecule has 0 saturated carbocycles. The van der Waals surface area contributed by atoms with Gasteiger partial charge in [-0.15, -0.1) is 0 Å². The summed E-state index contributed by atoms with van der Waals surface area (Å²) in [5, 5.41) is 11.4. The van der Waals surface area contributed by atoms with Crippen molar-refractivity contribution in [1.82, 2.24) is 0 Å². The van der Waals surface area contributed by atoms with Crippen LogP contribution in [0.25, 0.3) is 5.76 Å². The van der Waals surface area contributed by atoms with Crippen LogP contribution >= 0.6 is 0 Å². The summed E-state index contributed by atoms with van der Waals surface area (Å²) in [6.07, 6.45) is 0. The van der Waals surface area contributed by atoms with Gasteiger partial charge in [-0.3, -0.25) is 14.5 Å². The average Bonchev–Trinajstić information content (AvgIpc) is 3.15. The maximum Gasteiger partial charge on any atom is 0.300 e. The van der Waals surface area contributed by atoms with Crippen LogP contribution in [-0.4, -0.2) is 43.6 Å². The Labute approximate surface area is 203 Å². The smallest absolute Gasteiger partial charge is 0.300 e. The maximum atomic E-state index is 13.3. The Morgan fingerprint density at radius 3 is 2.51 bits per heavy atom. The van der Waals surface area contributed by atoms with Crippen LogP contribution in [0.3, 0.4) is 0 Å². The molecule has 3 aromatic carbocycles. The fourth-order valence-electron chi connectivity index (χ4n) is 4.57. The molecule has 7 heteroatoms. The van der Waals surface area contributed by atoms with E-state index in [4.69, 9.17) is 9.47 Å². The van der Waals surface area contributed by atoms with Gasteiger partial charge >= 0.3 is 0 Å². The number of ether oxygens (including phenoxy) is 2. The fraction of sp³-hybridized carbons (Fsp3) is 0.214. The highest BCUT2D eigenvalue weighted by Crippen LogP contribution is 2.43. The monoisotopic (exact) mass is 470 g/mol. The van der Waals surface area contributed by atoms with E-state index in [9.17, 15) is 14.7 Å². The van der Waals surface area contributed by atoms with Gasteiger partial charge in [-0.2, -0.15) is 0 Å². The van der Waals surface area contributed by atoms with Gasteiger partial charge in [0.1, 0.15) is 23.9 Å². The summed E-state index contributed by atoms with van der Waals surface area (Å²) < 4.78 is 11.3. The van der Waals surface area contributed by atoms with Crippen LogP contribution in [0.15, 0.2) is 78.4 Å². The molecule has 1 saturated heterocycles. The number of para-hydroxylation sites is 1. The average molecular weight is 471 g/mol. The Kier molecular flexibility index (Phi) is 5.91. The highest BCUT2D eigenvalue weighted by atomic mass is 16.5. The number of amides is 1. The standard InChI is InChI=1S/C28H26N2O5/c1-3-34-21-12-9-18(10-13-21)25-24(27(32)28(33)30(25)20-7-5-4-6-8-20)26(31)19-11-14-23-22(17-19)29(2)15-16-35-23/h4-14,17,25,31H,3,15-16H2,1-2H3/b26-24-. The SMILES string of the molecule is CCOc1ccc(C2/C(=C(/O)c3ccc4c(c3)N(C)CCO4)C(=O)C(=O)N2c2ccccc2)cc1. The first-order chi connectivity index (χ1) is 17.0. The van der Waals surface area contributed by atoms with Crippen LogP contribution in [0.1, 0.15) is 24.1 Å². The summed E-state index contributed by atoms with van der Waals surface area (Å²) in [4.78, 5) is 30.1. The van der Waals surface area contributed by atoms with Crippen molar-refractivity contribution in [2.24, 2.45) is 0 Å². The van der Waals surface area contributed by atoms with Crippen molar-refractivity contribution >= 4 is 28.8 Å². The van der Waals surface area contributed by atoms with Crippen molar-refractivity contribution in [3.8, 4) is 11.5 Å². The number of carbonyl (C=O) groups excluding carboxylic acids is 2. The van der Waals surface area contributed by atoms with Crippen LogP contribution in [0.5, 0.6) is 11.5 Å². The van der Waals surface area contributed by atoms with E-state index in [1.807, 2.05) is 49.2 Å². The molecule has 35 heavy (non-hydrogen) atoms. The second kappa shape index (κ2) is 9.18. The predicted molar refractivity (Wildman–Crippen MR) is 134 cm³/mol. The number of anilines is 2. The van der Waals surface area contributed by atoms with E-state index in [1.165, 1.54) is 4.90 Å². The van der Waals surface area contributed by atoms with E-state index in [0.29, 0.717) is 48.1 Å². The van der Waals surface area contributed by atoms with E-state index in [-0.39, 0.29) is 11.3 Å². The largest absolute Gasteiger partial charge is 0.507 e. The Bertz CT molecular complexity index is 1300. The van der Waals surface area contributed by atoms with Gasteiger partial charge in [-0.1, -0.05) is 30.3 Å². The number of fused-ring (bicyclic) bond motifs is 1. The molecule has 0 aliphatic carbocycles. The molecular weight excluding hydrogens is 444 g/mol. The molecule has 0 spiro atoms. The molecule has 2 heterocycles. The Morgan fingerprint density at radius 2 is 1.80 bits per heavy atom. The second-order valence-electron chi connectivity index (χ2n) is 8.46. The molecule has 0 radical (unpaired) electrons. The second-order valence-corrected chi connectivity index (χ2v) is 8.46. The molecule has 1 N–H and O–H groups in total. The molecule has 3 aromatic rings. The van der Waals surface area contributed by atoms with Crippen molar-refractivity contribution < 1.29 is 24.2 Å². The van der Waals surface area contributed by atoms with Crippen molar-refractivity contribution in [3.05, 3.63) is 89.5 Å². The zero-order valence-corrected chi connectivity index (χ0v) is 19.6. The third-order valence-corrected chi connectivity index (χ3v) is 6.31. The molecule has 1 atom stereocenters. The molecular formula is C28H26N2O5. The van der Waals surface area contributed by atoms with Gasteiger partial charge in [0, 0.05) is 18.3 Å². The Balaban J connectivity index is 1.66. The molecule has 1 unspecified atom stereocenters. The maximum absolute atomic E-state index is 13.3. The number of rotatable bonds is 5. The molecule has 0 bridgehead atoms. The molecule has 2 aliphatic rings. The van der Waals surface area contributed by atoms with Gasteiger partial charge in [-0.25, -0.2) is 0 Å². The lowest BCUT2D eigenvalue weighted by Crippen LogP contribution is -2.29. The lowest BCUT2D eigenvalue weighted by molar-refractivity contribution is -0.132. The van der Waals surface area contributed by atoms with E-state index in [2.05, 4.69) is 0 Å². The minimum absolute atomic E-state index is 0.0438. The number of aliphatic hydroxyl groups excluding tert-OH is 1. The summed E-state index contributed by atoms with van der Waals surface area (Å²) in [6.45, 7) is 3.72. The van der Waals surface area contributed by atoms with Crippen LogP contribution in [-0.2, 0) is 9.59 Å². The first kappa shape index (κ1) is 22.5. The zero-order valence-electron chi connectivity index (χ0n) is 19.6. The number of likely N-dealkylation sites (N-methyl/N-ethyl adjacent to an activating group) is 1. The van der Waals surface area contributed by atoms with Crippen molar-refractivity contribution in [2.45, 2.75) is 13.0 Å². The van der Waals surface area contributed by atoms with Crippen molar-refractivity contribution in [3.63, 3.8) is 0 Å². The van der Waals surface area contributed by atoms with Crippen LogP contribution in [0, 0.1) is 0 Å². The van der Waals surface area contributed by atoms with Gasteiger partial charge < -0.3 is 19.5 Å². The van der Waals surface area contributed by atoms with Gasteiger partial charge in [0.05, 0.1) is 30.5 Å². The number of ketones is 1. The third kappa shape index (κ3) is 3.99. The molecule has 1 fully saturated rings. The summed E-state index contributed by atoms with van der Waals surface area (Å²) in [5.41, 5.74) is 2.57. The van der Waals surface area contributed by atoms with Gasteiger partial charge in [-0.05, 0) is 55.0 Å². The van der Waals surface area contributed by atoms with Crippen LogP contribution in [0.4, 0.5) is 11.4 Å². The summed E-state index contributed by atoms with van der Waals surface area (Å²) in [5.74, 6) is -0.237. The predicted octanol–water partition coefficient (Wildman–Crippen LogP) is 4.54. The highest BCUT2D eigenvalue weighted by Gasteiger charge is 2.47. The number of hydrogen-bond donors (Lipinski definition) is 1. The highest BCUT2D eigenvalue weighted by molar-refractivity contribution is 6.51. The number of nitrogens with zero attached hydrogens (tertiary/aromatic N) is 2. The number of carbonyl (C=O) groups is 2. The van der Waals surface area contributed by atoms with E-state index < -0.39 is 17.7 Å². The van der Waals surface area contributed by atoms with E-state index >= 15 is 0 Å². The number of benzene rings is 3. The quantitative estimate of drug-likeness (QED) is 0.335. The van der Waals surface area contributed by atoms with Crippen molar-refractivity contribution in [2.75, 3.05) is 36.6 Å². The molecule has 5 rings (SSSR count). The third-order valence-electron chi connectivity index (χ3n) is 6.31. The zero-order chi connectivity index (χ0) is 24.5. The summed E-state index contributed by atoms with van der Waals surface area (Å²) in [7, 11) is 1.94. The Morgan fingerprint density at radius 1 is 1.06 bits per heavy atom. The molecule has 2 aliphatic heterocycles. The molecule has 7 nitrogen and oxygen atoms in total. The number of hydrogen-bond acceptors (Lipinski definition) is 6. The summed E-state index contributed by atoms with van der Waals surface area (Å²) in [6, 6.07) is 20.7. The van der Waals surface area contributed by atoms with E-state index in [0.717, 1.165) is 5.69 Å².